The lowest BCUT2D eigenvalue weighted by Crippen LogP contribution is -2.49. The van der Waals surface area contributed by atoms with Gasteiger partial charge in [0.2, 0.25) is 0 Å². The number of rotatable bonds is 2. The zero-order valence-corrected chi connectivity index (χ0v) is 13.6. The van der Waals surface area contributed by atoms with Crippen molar-refractivity contribution in [2.75, 3.05) is 0 Å². The molecule has 1 saturated carbocycles. The van der Waals surface area contributed by atoms with Gasteiger partial charge in [-0.3, -0.25) is 9.69 Å². The number of urea groups is 1. The molecular weight excluding hydrogens is 276 g/mol. The molecule has 1 aromatic carbocycles. The molecule has 3 amide bonds. The average Bonchev–Trinajstić information content (AvgIpc) is 2.71. The van der Waals surface area contributed by atoms with Crippen molar-refractivity contribution in [2.24, 2.45) is 5.92 Å². The molecule has 1 heterocycles. The summed E-state index contributed by atoms with van der Waals surface area (Å²) < 4.78 is 0. The minimum Gasteiger partial charge on any atom is -0.323 e. The Morgan fingerprint density at radius 3 is 2.59 bits per heavy atom. The standard InChI is InChI=1S/C18H24N2O2/c1-12-6-8-18(9-7-12)16(21)20(17(22)19-18)11-15-10-13(2)4-5-14(15)3/h4-5,10,12H,6-9,11H2,1-3H3,(H,19,22). The van der Waals surface area contributed by atoms with E-state index < -0.39 is 5.54 Å². The Hall–Kier alpha value is -1.84. The molecule has 0 radical (unpaired) electrons. The molecule has 0 bridgehead atoms. The Bertz CT molecular complexity index is 616. The average molecular weight is 300 g/mol. The number of nitrogens with zero attached hydrogens (tertiary/aromatic N) is 1. The van der Waals surface area contributed by atoms with E-state index in [-0.39, 0.29) is 11.9 Å². The van der Waals surface area contributed by atoms with Crippen LogP contribution in [0.2, 0.25) is 0 Å². The van der Waals surface area contributed by atoms with Crippen molar-refractivity contribution in [1.82, 2.24) is 10.2 Å². The molecule has 1 spiro atoms. The maximum atomic E-state index is 12.8. The van der Waals surface area contributed by atoms with Gasteiger partial charge in [0.05, 0.1) is 6.54 Å². The molecule has 1 N–H and O–H groups in total. The van der Waals surface area contributed by atoms with Gasteiger partial charge in [-0.05, 0) is 56.6 Å². The third-order valence-corrected chi connectivity index (χ3v) is 5.21. The first-order chi connectivity index (χ1) is 10.4. The van der Waals surface area contributed by atoms with Gasteiger partial charge in [-0.1, -0.05) is 30.7 Å². The van der Waals surface area contributed by atoms with Crippen LogP contribution in [0, 0.1) is 19.8 Å². The summed E-state index contributed by atoms with van der Waals surface area (Å²) in [7, 11) is 0. The highest BCUT2D eigenvalue weighted by Crippen LogP contribution is 2.36. The molecule has 22 heavy (non-hydrogen) atoms. The zero-order chi connectivity index (χ0) is 15.9. The number of amides is 3. The molecule has 1 saturated heterocycles. The lowest BCUT2D eigenvalue weighted by atomic mass is 9.77. The van der Waals surface area contributed by atoms with Crippen LogP contribution in [-0.2, 0) is 11.3 Å². The number of imide groups is 1. The van der Waals surface area contributed by atoms with E-state index in [2.05, 4.69) is 24.4 Å². The van der Waals surface area contributed by atoms with Crippen LogP contribution in [0.15, 0.2) is 18.2 Å². The van der Waals surface area contributed by atoms with E-state index in [1.165, 1.54) is 4.90 Å². The molecule has 1 aliphatic carbocycles. The summed E-state index contributed by atoms with van der Waals surface area (Å²) in [6.07, 6.45) is 3.54. The minimum absolute atomic E-state index is 0.0368. The third kappa shape index (κ3) is 2.51. The number of carbonyl (C=O) groups is 2. The molecule has 0 atom stereocenters. The fourth-order valence-corrected chi connectivity index (χ4v) is 3.55. The number of carbonyl (C=O) groups excluding carboxylic acids is 2. The lowest BCUT2D eigenvalue weighted by Gasteiger charge is -2.33. The first-order valence-corrected chi connectivity index (χ1v) is 8.11. The van der Waals surface area contributed by atoms with E-state index in [0.29, 0.717) is 12.5 Å². The van der Waals surface area contributed by atoms with Crippen LogP contribution in [0.5, 0.6) is 0 Å². The largest absolute Gasteiger partial charge is 0.325 e. The van der Waals surface area contributed by atoms with Crippen molar-refractivity contribution in [3.63, 3.8) is 0 Å². The quantitative estimate of drug-likeness (QED) is 0.852. The van der Waals surface area contributed by atoms with E-state index in [1.807, 2.05) is 19.9 Å². The molecule has 4 heteroatoms. The number of aryl methyl sites for hydroxylation is 2. The first-order valence-electron chi connectivity index (χ1n) is 8.11. The molecule has 0 unspecified atom stereocenters. The molecular formula is C18H24N2O2. The van der Waals surface area contributed by atoms with Gasteiger partial charge < -0.3 is 5.32 Å². The van der Waals surface area contributed by atoms with E-state index in [9.17, 15) is 9.59 Å². The van der Waals surface area contributed by atoms with Crippen LogP contribution in [-0.4, -0.2) is 22.4 Å². The lowest BCUT2D eigenvalue weighted by molar-refractivity contribution is -0.133. The van der Waals surface area contributed by atoms with Gasteiger partial charge in [0.1, 0.15) is 5.54 Å². The van der Waals surface area contributed by atoms with E-state index >= 15 is 0 Å². The van der Waals surface area contributed by atoms with Crippen molar-refractivity contribution in [3.05, 3.63) is 34.9 Å². The number of hydrogen-bond donors (Lipinski definition) is 1. The Morgan fingerprint density at radius 2 is 1.91 bits per heavy atom. The van der Waals surface area contributed by atoms with Crippen molar-refractivity contribution < 1.29 is 9.59 Å². The normalized spacial score (nSPS) is 28.3. The molecule has 2 fully saturated rings. The fraction of sp³-hybridized carbons (Fsp3) is 0.556. The summed E-state index contributed by atoms with van der Waals surface area (Å²) in [4.78, 5) is 26.6. The van der Waals surface area contributed by atoms with Gasteiger partial charge in [0.25, 0.3) is 5.91 Å². The van der Waals surface area contributed by atoms with Crippen molar-refractivity contribution in [2.45, 2.75) is 58.5 Å². The highest BCUT2D eigenvalue weighted by molar-refractivity contribution is 6.07. The predicted octanol–water partition coefficient (Wildman–Crippen LogP) is 3.30. The smallest absolute Gasteiger partial charge is 0.323 e. The van der Waals surface area contributed by atoms with Gasteiger partial charge >= 0.3 is 6.03 Å². The topological polar surface area (TPSA) is 49.4 Å². The molecule has 1 aromatic rings. The minimum atomic E-state index is -0.638. The summed E-state index contributed by atoms with van der Waals surface area (Å²) in [5, 5.41) is 2.98. The highest BCUT2D eigenvalue weighted by Gasteiger charge is 2.51. The Kier molecular flexibility index (Phi) is 3.71. The summed E-state index contributed by atoms with van der Waals surface area (Å²) >= 11 is 0. The van der Waals surface area contributed by atoms with Crippen LogP contribution < -0.4 is 5.32 Å². The predicted molar refractivity (Wildman–Crippen MR) is 85.4 cm³/mol. The van der Waals surface area contributed by atoms with E-state index in [1.54, 1.807) is 0 Å². The number of nitrogens with one attached hydrogen (secondary N) is 1. The highest BCUT2D eigenvalue weighted by atomic mass is 16.2. The van der Waals surface area contributed by atoms with Gasteiger partial charge in [0.15, 0.2) is 0 Å². The van der Waals surface area contributed by atoms with Crippen LogP contribution in [0.1, 0.15) is 49.3 Å². The monoisotopic (exact) mass is 300 g/mol. The number of benzene rings is 1. The van der Waals surface area contributed by atoms with Crippen LogP contribution in [0.3, 0.4) is 0 Å². The molecule has 118 valence electrons. The van der Waals surface area contributed by atoms with Crippen molar-refractivity contribution in [3.8, 4) is 0 Å². The molecule has 1 aliphatic heterocycles. The zero-order valence-electron chi connectivity index (χ0n) is 13.6. The fourth-order valence-electron chi connectivity index (χ4n) is 3.55. The van der Waals surface area contributed by atoms with Gasteiger partial charge in [-0.25, -0.2) is 4.79 Å². The third-order valence-electron chi connectivity index (χ3n) is 5.21. The van der Waals surface area contributed by atoms with Gasteiger partial charge in [-0.2, -0.15) is 0 Å². The van der Waals surface area contributed by atoms with E-state index in [0.717, 1.165) is 42.4 Å². The Labute approximate surface area is 131 Å². The summed E-state index contributed by atoms with van der Waals surface area (Å²) in [5.74, 6) is 0.605. The molecule has 3 rings (SSSR count). The van der Waals surface area contributed by atoms with Gasteiger partial charge in [-0.15, -0.1) is 0 Å². The first kappa shape index (κ1) is 15.1. The van der Waals surface area contributed by atoms with Gasteiger partial charge in [0, 0.05) is 0 Å². The maximum Gasteiger partial charge on any atom is 0.325 e. The molecule has 0 aromatic heterocycles. The molecule has 4 nitrogen and oxygen atoms in total. The summed E-state index contributed by atoms with van der Waals surface area (Å²) in [6.45, 7) is 6.63. The van der Waals surface area contributed by atoms with Crippen LogP contribution >= 0.6 is 0 Å². The van der Waals surface area contributed by atoms with Crippen LogP contribution in [0.25, 0.3) is 0 Å². The second-order valence-corrected chi connectivity index (χ2v) is 7.02. The second-order valence-electron chi connectivity index (χ2n) is 7.02. The number of hydrogen-bond acceptors (Lipinski definition) is 2. The maximum absolute atomic E-state index is 12.8. The SMILES string of the molecule is Cc1ccc(C)c(CN2C(=O)NC3(CCC(C)CC3)C2=O)c1. The Morgan fingerprint density at radius 1 is 1.23 bits per heavy atom. The van der Waals surface area contributed by atoms with Crippen molar-refractivity contribution in [1.29, 1.82) is 0 Å². The summed E-state index contributed by atoms with van der Waals surface area (Å²) in [5.41, 5.74) is 2.67. The van der Waals surface area contributed by atoms with Crippen molar-refractivity contribution >= 4 is 11.9 Å². The van der Waals surface area contributed by atoms with E-state index in [4.69, 9.17) is 0 Å². The summed E-state index contributed by atoms with van der Waals surface area (Å²) in [6, 6.07) is 5.92. The van der Waals surface area contributed by atoms with Crippen LogP contribution in [0.4, 0.5) is 4.79 Å². The second kappa shape index (κ2) is 5.41. The Balaban J connectivity index is 1.82. The molecule has 2 aliphatic rings.